The molecule has 25 heavy (non-hydrogen) atoms. The number of benzene rings is 1. The van der Waals surface area contributed by atoms with Crippen LogP contribution in [0.2, 0.25) is 0 Å². The van der Waals surface area contributed by atoms with Crippen LogP contribution in [0, 0.1) is 18.8 Å². The number of nitrogens with one attached hydrogen (secondary N) is 1. The number of halogens is 1. The van der Waals surface area contributed by atoms with Gasteiger partial charge in [0.25, 0.3) is 0 Å². The van der Waals surface area contributed by atoms with Crippen molar-refractivity contribution in [3.8, 4) is 0 Å². The zero-order chi connectivity index (χ0) is 17.6. The first-order valence-corrected chi connectivity index (χ1v) is 9.54. The van der Waals surface area contributed by atoms with Crippen LogP contribution >= 0.6 is 0 Å². The Hall–Kier alpha value is -1.78. The van der Waals surface area contributed by atoms with E-state index in [4.69, 9.17) is 0 Å². The van der Waals surface area contributed by atoms with E-state index in [0.717, 1.165) is 19.5 Å². The number of aryl methyl sites for hydroxylation is 1. The van der Waals surface area contributed by atoms with Gasteiger partial charge in [-0.05, 0) is 50.3 Å². The number of carbonyl (C=O) groups is 1. The van der Waals surface area contributed by atoms with Gasteiger partial charge in [0, 0.05) is 43.2 Å². The van der Waals surface area contributed by atoms with Crippen molar-refractivity contribution in [3.05, 3.63) is 29.8 Å². The van der Waals surface area contributed by atoms with Crippen LogP contribution in [0.15, 0.2) is 24.3 Å². The van der Waals surface area contributed by atoms with Crippen LogP contribution in [0.3, 0.4) is 0 Å². The van der Waals surface area contributed by atoms with Gasteiger partial charge in [0.1, 0.15) is 6.17 Å². The fourth-order valence-corrected chi connectivity index (χ4v) is 4.97. The van der Waals surface area contributed by atoms with Crippen LogP contribution in [-0.4, -0.2) is 48.8 Å². The number of hydrogen-bond donors (Lipinski definition) is 1. The standard InChI is InChI=1S/C20H28FN3O/c1-13-4-3-5-17(8-13)23-10-15-6-7-19(18(15)12-23)22-20(25)24-11-16(21)9-14(24)2/h3-5,8,14-16,18-19H,6-7,9-12H2,1-2H3,(H,22,25)/t14?,15-,16-,18+,19+/m1/s1. The Morgan fingerprint density at radius 3 is 2.80 bits per heavy atom. The lowest BCUT2D eigenvalue weighted by Crippen LogP contribution is -2.48. The lowest BCUT2D eigenvalue weighted by atomic mass is 9.98. The number of fused-ring (bicyclic) bond motifs is 1. The maximum atomic E-state index is 13.6. The molecule has 1 aromatic rings. The fourth-order valence-electron chi connectivity index (χ4n) is 4.97. The van der Waals surface area contributed by atoms with Gasteiger partial charge in [0.15, 0.2) is 0 Å². The van der Waals surface area contributed by atoms with E-state index in [9.17, 15) is 9.18 Å². The highest BCUT2D eigenvalue weighted by molar-refractivity contribution is 5.75. The molecule has 0 radical (unpaired) electrons. The lowest BCUT2D eigenvalue weighted by molar-refractivity contribution is 0.186. The molecule has 5 heteroatoms. The average molecular weight is 345 g/mol. The minimum absolute atomic E-state index is 0.000398. The first-order valence-electron chi connectivity index (χ1n) is 9.54. The monoisotopic (exact) mass is 345 g/mol. The quantitative estimate of drug-likeness (QED) is 0.892. The maximum Gasteiger partial charge on any atom is 0.317 e. The third kappa shape index (κ3) is 3.21. The number of likely N-dealkylation sites (tertiary alicyclic amines) is 1. The molecule has 2 heterocycles. The Morgan fingerprint density at radius 1 is 1.24 bits per heavy atom. The van der Waals surface area contributed by atoms with Gasteiger partial charge in [-0.3, -0.25) is 0 Å². The highest BCUT2D eigenvalue weighted by Gasteiger charge is 2.44. The van der Waals surface area contributed by atoms with Crippen LogP contribution in [0.25, 0.3) is 0 Å². The van der Waals surface area contributed by atoms with Crippen LogP contribution in [0.5, 0.6) is 0 Å². The van der Waals surface area contributed by atoms with Gasteiger partial charge in [-0.1, -0.05) is 12.1 Å². The van der Waals surface area contributed by atoms with Crippen LogP contribution < -0.4 is 10.2 Å². The lowest BCUT2D eigenvalue weighted by Gasteiger charge is -2.27. The summed E-state index contributed by atoms with van der Waals surface area (Å²) in [5.74, 6) is 1.15. The summed E-state index contributed by atoms with van der Waals surface area (Å²) < 4.78 is 13.6. The molecule has 5 atom stereocenters. The number of urea groups is 1. The van der Waals surface area contributed by atoms with Crippen molar-refractivity contribution in [1.29, 1.82) is 0 Å². The number of carbonyl (C=O) groups excluding carboxylic acids is 1. The van der Waals surface area contributed by atoms with Crippen molar-refractivity contribution in [2.75, 3.05) is 24.5 Å². The second-order valence-corrected chi connectivity index (χ2v) is 8.14. The van der Waals surface area contributed by atoms with Crippen molar-refractivity contribution in [2.45, 2.75) is 51.4 Å². The predicted molar refractivity (Wildman–Crippen MR) is 97.6 cm³/mol. The van der Waals surface area contributed by atoms with Crippen LogP contribution in [0.1, 0.15) is 31.7 Å². The zero-order valence-corrected chi connectivity index (χ0v) is 15.1. The summed E-state index contributed by atoms with van der Waals surface area (Å²) in [5, 5.41) is 3.22. The van der Waals surface area contributed by atoms with Crippen LogP contribution in [-0.2, 0) is 0 Å². The topological polar surface area (TPSA) is 35.6 Å². The summed E-state index contributed by atoms with van der Waals surface area (Å²) in [5.41, 5.74) is 2.57. The number of nitrogens with zero attached hydrogens (tertiary/aromatic N) is 2. The highest BCUT2D eigenvalue weighted by Crippen LogP contribution is 2.40. The average Bonchev–Trinajstić information content (AvgIpc) is 3.23. The van der Waals surface area contributed by atoms with E-state index in [1.165, 1.54) is 17.7 Å². The van der Waals surface area contributed by atoms with Gasteiger partial charge < -0.3 is 15.1 Å². The molecule has 0 aromatic heterocycles. The smallest absolute Gasteiger partial charge is 0.317 e. The highest BCUT2D eigenvalue weighted by atomic mass is 19.1. The third-order valence-corrected chi connectivity index (χ3v) is 6.32. The number of alkyl halides is 1. The first kappa shape index (κ1) is 16.7. The predicted octanol–water partition coefficient (Wildman–Crippen LogP) is 3.35. The minimum Gasteiger partial charge on any atom is -0.371 e. The Bertz CT molecular complexity index is 652. The van der Waals surface area contributed by atoms with E-state index >= 15 is 0 Å². The number of hydrogen-bond acceptors (Lipinski definition) is 2. The molecule has 0 bridgehead atoms. The molecular weight excluding hydrogens is 317 g/mol. The molecular formula is C20H28FN3O. The summed E-state index contributed by atoms with van der Waals surface area (Å²) in [4.78, 5) is 16.7. The molecule has 1 unspecified atom stereocenters. The molecule has 1 N–H and O–H groups in total. The summed E-state index contributed by atoms with van der Waals surface area (Å²) >= 11 is 0. The second-order valence-electron chi connectivity index (χ2n) is 8.14. The van der Waals surface area contributed by atoms with Crippen molar-refractivity contribution in [3.63, 3.8) is 0 Å². The second kappa shape index (κ2) is 6.50. The number of rotatable bonds is 2. The van der Waals surface area contributed by atoms with Gasteiger partial charge in [-0.25, -0.2) is 9.18 Å². The van der Waals surface area contributed by atoms with Crippen LogP contribution in [0.4, 0.5) is 14.9 Å². The minimum atomic E-state index is -0.875. The molecule has 3 fully saturated rings. The Labute approximate surface area is 149 Å². The molecule has 0 spiro atoms. The first-order chi connectivity index (χ1) is 12.0. The molecule has 3 aliphatic rings. The molecule has 136 valence electrons. The van der Waals surface area contributed by atoms with Gasteiger partial charge in [0.05, 0.1) is 6.54 Å². The Morgan fingerprint density at radius 2 is 2.08 bits per heavy atom. The maximum absolute atomic E-state index is 13.6. The van der Waals surface area contributed by atoms with Crippen molar-refractivity contribution in [2.24, 2.45) is 11.8 Å². The molecule has 2 saturated heterocycles. The van der Waals surface area contributed by atoms with E-state index < -0.39 is 6.17 Å². The summed E-state index contributed by atoms with van der Waals surface area (Å²) in [7, 11) is 0. The normalized spacial score (nSPS) is 34.4. The van der Waals surface area contributed by atoms with Gasteiger partial charge in [-0.15, -0.1) is 0 Å². The van der Waals surface area contributed by atoms with E-state index in [2.05, 4.69) is 41.4 Å². The van der Waals surface area contributed by atoms with Crippen molar-refractivity contribution < 1.29 is 9.18 Å². The molecule has 1 aliphatic carbocycles. The molecule has 2 amide bonds. The number of amides is 2. The zero-order valence-electron chi connectivity index (χ0n) is 15.1. The van der Waals surface area contributed by atoms with E-state index in [1.54, 1.807) is 4.90 Å². The third-order valence-electron chi connectivity index (χ3n) is 6.32. The Balaban J connectivity index is 1.39. The van der Waals surface area contributed by atoms with Crippen molar-refractivity contribution >= 4 is 11.7 Å². The fraction of sp³-hybridized carbons (Fsp3) is 0.650. The largest absolute Gasteiger partial charge is 0.371 e. The van der Waals surface area contributed by atoms with E-state index in [1.807, 2.05) is 6.92 Å². The molecule has 1 saturated carbocycles. The summed E-state index contributed by atoms with van der Waals surface area (Å²) in [6.45, 7) is 6.38. The SMILES string of the molecule is Cc1cccc(N2C[C@H]3CC[C@H](NC(=O)N4C[C@H](F)CC4C)[C@H]3C2)c1. The van der Waals surface area contributed by atoms with Crippen molar-refractivity contribution in [1.82, 2.24) is 10.2 Å². The molecule has 1 aromatic carbocycles. The Kier molecular flexibility index (Phi) is 4.34. The van der Waals surface area contributed by atoms with E-state index in [-0.39, 0.29) is 24.7 Å². The molecule has 4 nitrogen and oxygen atoms in total. The molecule has 2 aliphatic heterocycles. The molecule has 4 rings (SSSR count). The number of anilines is 1. The summed E-state index contributed by atoms with van der Waals surface area (Å²) in [6, 6.07) is 8.79. The van der Waals surface area contributed by atoms with Gasteiger partial charge in [0.2, 0.25) is 0 Å². The summed E-state index contributed by atoms with van der Waals surface area (Å²) in [6.07, 6.45) is 1.80. The van der Waals surface area contributed by atoms with Gasteiger partial charge >= 0.3 is 6.03 Å². The van der Waals surface area contributed by atoms with Gasteiger partial charge in [-0.2, -0.15) is 0 Å². The van der Waals surface area contributed by atoms with E-state index in [0.29, 0.717) is 18.3 Å².